The van der Waals surface area contributed by atoms with E-state index in [-0.39, 0.29) is 0 Å². The Labute approximate surface area is 115 Å². The molecule has 0 radical (unpaired) electrons. The Morgan fingerprint density at radius 1 is 1.42 bits per heavy atom. The fraction of sp³-hybridized carbons (Fsp3) is 0.214. The van der Waals surface area contributed by atoms with Crippen molar-refractivity contribution in [3.05, 3.63) is 41.0 Å². The molecule has 0 aliphatic rings. The first-order valence-corrected chi connectivity index (χ1v) is 6.91. The first-order valence-electron chi connectivity index (χ1n) is 6.03. The van der Waals surface area contributed by atoms with Crippen molar-refractivity contribution in [2.75, 3.05) is 7.11 Å². The summed E-state index contributed by atoms with van der Waals surface area (Å²) in [5.74, 6) is 0.903. The highest BCUT2D eigenvalue weighted by atomic mass is 32.1. The molecule has 0 aliphatic carbocycles. The number of hydrogen-bond acceptors (Lipinski definition) is 4. The van der Waals surface area contributed by atoms with Gasteiger partial charge in [0.1, 0.15) is 5.75 Å². The lowest BCUT2D eigenvalue weighted by Gasteiger charge is -2.07. The summed E-state index contributed by atoms with van der Waals surface area (Å²) in [5, 5.41) is 2.11. The van der Waals surface area contributed by atoms with E-state index in [2.05, 4.69) is 26.9 Å². The summed E-state index contributed by atoms with van der Waals surface area (Å²) in [5.41, 5.74) is 10.2. The molecule has 0 atom stereocenters. The molecule has 0 saturated heterocycles. The number of ether oxygens (including phenoxy) is 1. The average molecular weight is 273 g/mol. The molecule has 3 rings (SSSR count). The smallest absolute Gasteiger partial charge is 0.194 e. The maximum Gasteiger partial charge on any atom is 0.194 e. The van der Waals surface area contributed by atoms with Crippen LogP contribution in [0.15, 0.2) is 29.8 Å². The van der Waals surface area contributed by atoms with E-state index >= 15 is 0 Å². The van der Waals surface area contributed by atoms with Gasteiger partial charge in [0.15, 0.2) is 4.96 Å². The Morgan fingerprint density at radius 3 is 2.95 bits per heavy atom. The van der Waals surface area contributed by atoms with E-state index in [0.717, 1.165) is 33.2 Å². The molecule has 0 amide bonds. The zero-order valence-corrected chi connectivity index (χ0v) is 11.7. The fourth-order valence-corrected chi connectivity index (χ4v) is 3.14. The van der Waals surface area contributed by atoms with Crippen LogP contribution in [0.5, 0.6) is 5.75 Å². The number of thiazole rings is 1. The largest absolute Gasteiger partial charge is 0.496 e. The van der Waals surface area contributed by atoms with Crippen molar-refractivity contribution in [1.82, 2.24) is 9.38 Å². The van der Waals surface area contributed by atoms with E-state index in [9.17, 15) is 0 Å². The van der Waals surface area contributed by atoms with Gasteiger partial charge in [-0.15, -0.1) is 11.3 Å². The molecule has 5 heteroatoms. The van der Waals surface area contributed by atoms with Gasteiger partial charge in [-0.1, -0.05) is 0 Å². The quantitative estimate of drug-likeness (QED) is 0.798. The van der Waals surface area contributed by atoms with Crippen molar-refractivity contribution < 1.29 is 4.74 Å². The van der Waals surface area contributed by atoms with Crippen LogP contribution in [-0.4, -0.2) is 16.5 Å². The topological polar surface area (TPSA) is 52.5 Å². The zero-order chi connectivity index (χ0) is 13.4. The number of methoxy groups -OCH3 is 1. The van der Waals surface area contributed by atoms with Crippen LogP contribution in [0.2, 0.25) is 0 Å². The molecule has 0 unspecified atom stereocenters. The molecule has 3 aromatic rings. The number of rotatable bonds is 3. The van der Waals surface area contributed by atoms with Crippen LogP contribution in [0.4, 0.5) is 0 Å². The SMILES string of the molecule is COc1ccc(-c2csc3ncc(CN)n23)cc1C. The summed E-state index contributed by atoms with van der Waals surface area (Å²) in [7, 11) is 1.69. The lowest BCUT2D eigenvalue weighted by molar-refractivity contribution is 0.412. The summed E-state index contributed by atoms with van der Waals surface area (Å²) in [6.07, 6.45) is 1.84. The predicted molar refractivity (Wildman–Crippen MR) is 77.7 cm³/mol. The van der Waals surface area contributed by atoms with Crippen molar-refractivity contribution in [3.8, 4) is 17.0 Å². The molecule has 19 heavy (non-hydrogen) atoms. The molecule has 0 aliphatic heterocycles. The van der Waals surface area contributed by atoms with Gasteiger partial charge in [0.2, 0.25) is 0 Å². The summed E-state index contributed by atoms with van der Waals surface area (Å²) in [6.45, 7) is 2.53. The maximum atomic E-state index is 5.77. The zero-order valence-electron chi connectivity index (χ0n) is 10.9. The third-order valence-electron chi connectivity index (χ3n) is 3.22. The molecule has 0 bridgehead atoms. The first-order chi connectivity index (χ1) is 9.24. The number of hydrogen-bond donors (Lipinski definition) is 1. The molecule has 0 saturated carbocycles. The maximum absolute atomic E-state index is 5.77. The van der Waals surface area contributed by atoms with Gasteiger partial charge in [-0.2, -0.15) is 0 Å². The molecular formula is C14H15N3OS. The van der Waals surface area contributed by atoms with Crippen molar-refractivity contribution >= 4 is 16.3 Å². The minimum Gasteiger partial charge on any atom is -0.496 e. The van der Waals surface area contributed by atoms with Crippen LogP contribution < -0.4 is 10.5 Å². The van der Waals surface area contributed by atoms with Crippen LogP contribution in [0.25, 0.3) is 16.2 Å². The predicted octanol–water partition coefficient (Wildman–Crippen LogP) is 2.84. The highest BCUT2D eigenvalue weighted by Crippen LogP contribution is 2.30. The van der Waals surface area contributed by atoms with Crippen molar-refractivity contribution in [2.45, 2.75) is 13.5 Å². The number of fused-ring (bicyclic) bond motifs is 1. The molecular weight excluding hydrogens is 258 g/mol. The van der Waals surface area contributed by atoms with Gasteiger partial charge in [0.05, 0.1) is 24.7 Å². The Balaban J connectivity index is 2.18. The highest BCUT2D eigenvalue weighted by Gasteiger charge is 2.11. The number of aromatic nitrogens is 2. The third kappa shape index (κ3) is 1.91. The lowest BCUT2D eigenvalue weighted by atomic mass is 10.1. The van der Waals surface area contributed by atoms with Gasteiger partial charge in [-0.05, 0) is 36.2 Å². The molecule has 1 aromatic carbocycles. The molecule has 2 aromatic heterocycles. The summed E-state index contributed by atoms with van der Waals surface area (Å²) in [4.78, 5) is 5.34. The minimum atomic E-state index is 0.486. The van der Waals surface area contributed by atoms with E-state index in [1.807, 2.05) is 19.2 Å². The molecule has 98 valence electrons. The molecule has 0 fully saturated rings. The number of benzene rings is 1. The van der Waals surface area contributed by atoms with Crippen LogP contribution in [-0.2, 0) is 6.54 Å². The van der Waals surface area contributed by atoms with Gasteiger partial charge in [0.25, 0.3) is 0 Å². The number of nitrogens with zero attached hydrogens (tertiary/aromatic N) is 2. The van der Waals surface area contributed by atoms with Crippen LogP contribution in [0.1, 0.15) is 11.3 Å². The first kappa shape index (κ1) is 12.2. The Hall–Kier alpha value is -1.85. The van der Waals surface area contributed by atoms with Gasteiger partial charge in [-0.25, -0.2) is 4.98 Å². The Bertz CT molecular complexity index is 729. The minimum absolute atomic E-state index is 0.486. The summed E-state index contributed by atoms with van der Waals surface area (Å²) in [6, 6.07) is 6.18. The lowest BCUT2D eigenvalue weighted by Crippen LogP contribution is -2.01. The second kappa shape index (κ2) is 4.68. The molecule has 2 heterocycles. The van der Waals surface area contributed by atoms with Gasteiger partial charge < -0.3 is 10.5 Å². The Morgan fingerprint density at radius 2 is 2.26 bits per heavy atom. The van der Waals surface area contributed by atoms with E-state index in [4.69, 9.17) is 10.5 Å². The summed E-state index contributed by atoms with van der Waals surface area (Å²) >= 11 is 1.63. The Kier molecular flexibility index (Phi) is 3.00. The molecule has 4 nitrogen and oxygen atoms in total. The second-order valence-corrected chi connectivity index (χ2v) is 5.21. The molecule has 0 spiro atoms. The number of nitrogens with two attached hydrogens (primary N) is 1. The van der Waals surface area contributed by atoms with E-state index in [1.54, 1.807) is 18.4 Å². The van der Waals surface area contributed by atoms with Crippen LogP contribution in [0, 0.1) is 6.92 Å². The van der Waals surface area contributed by atoms with Crippen molar-refractivity contribution in [3.63, 3.8) is 0 Å². The fourth-order valence-electron chi connectivity index (χ4n) is 2.25. The van der Waals surface area contributed by atoms with Gasteiger partial charge >= 0.3 is 0 Å². The number of imidazole rings is 1. The second-order valence-electron chi connectivity index (χ2n) is 4.38. The van der Waals surface area contributed by atoms with E-state index in [1.165, 1.54) is 0 Å². The summed E-state index contributed by atoms with van der Waals surface area (Å²) < 4.78 is 7.42. The van der Waals surface area contributed by atoms with Crippen molar-refractivity contribution in [1.29, 1.82) is 0 Å². The third-order valence-corrected chi connectivity index (χ3v) is 4.06. The van der Waals surface area contributed by atoms with E-state index in [0.29, 0.717) is 6.54 Å². The van der Waals surface area contributed by atoms with E-state index < -0.39 is 0 Å². The highest BCUT2D eigenvalue weighted by molar-refractivity contribution is 7.15. The van der Waals surface area contributed by atoms with Gasteiger partial charge in [0, 0.05) is 11.9 Å². The van der Waals surface area contributed by atoms with Gasteiger partial charge in [-0.3, -0.25) is 4.40 Å². The normalized spacial score (nSPS) is 11.1. The van der Waals surface area contributed by atoms with Crippen molar-refractivity contribution in [2.24, 2.45) is 5.73 Å². The van der Waals surface area contributed by atoms with Crippen LogP contribution >= 0.6 is 11.3 Å². The molecule has 2 N–H and O–H groups in total. The van der Waals surface area contributed by atoms with Crippen LogP contribution in [0.3, 0.4) is 0 Å². The monoisotopic (exact) mass is 273 g/mol. The average Bonchev–Trinajstić information content (AvgIpc) is 2.99. The standard InChI is InChI=1S/C14H15N3OS/c1-9-5-10(3-4-13(9)18-2)12-8-19-14-16-7-11(6-15)17(12)14/h3-5,7-8H,6,15H2,1-2H3. The number of aryl methyl sites for hydroxylation is 1.